The standard InChI is InChI=1S/C18H19F3N4O/c1-12-22-15(11-16(23-12)25-9-3-2-4-10-25)17(26)24-14-7-5-13(6-8-14)18(19,20)21/h5-8,11H,2-4,9-10H2,1H3,(H,24,26). The van der Waals surface area contributed by atoms with E-state index >= 15 is 0 Å². The van der Waals surface area contributed by atoms with E-state index in [-0.39, 0.29) is 11.4 Å². The van der Waals surface area contributed by atoms with Gasteiger partial charge in [-0.05, 0) is 50.5 Å². The third kappa shape index (κ3) is 4.30. The lowest BCUT2D eigenvalue weighted by molar-refractivity contribution is -0.137. The van der Waals surface area contributed by atoms with E-state index in [1.165, 1.54) is 18.6 Å². The van der Waals surface area contributed by atoms with Gasteiger partial charge < -0.3 is 10.2 Å². The van der Waals surface area contributed by atoms with Crippen molar-refractivity contribution in [2.45, 2.75) is 32.4 Å². The molecule has 5 nitrogen and oxygen atoms in total. The molecule has 0 saturated carbocycles. The summed E-state index contributed by atoms with van der Waals surface area (Å²) in [6.45, 7) is 3.48. The fourth-order valence-electron chi connectivity index (χ4n) is 2.89. The molecule has 1 amide bonds. The second kappa shape index (κ2) is 7.31. The van der Waals surface area contributed by atoms with Crippen molar-refractivity contribution in [3.63, 3.8) is 0 Å². The highest BCUT2D eigenvalue weighted by atomic mass is 19.4. The largest absolute Gasteiger partial charge is 0.416 e. The van der Waals surface area contributed by atoms with Crippen molar-refractivity contribution in [2.24, 2.45) is 0 Å². The predicted molar refractivity (Wildman–Crippen MR) is 92.2 cm³/mol. The average molecular weight is 364 g/mol. The zero-order valence-electron chi connectivity index (χ0n) is 14.3. The lowest BCUT2D eigenvalue weighted by Crippen LogP contribution is -2.31. The molecule has 0 radical (unpaired) electrons. The number of aryl methyl sites for hydroxylation is 1. The highest BCUT2D eigenvalue weighted by Crippen LogP contribution is 2.30. The first-order valence-electron chi connectivity index (χ1n) is 8.42. The summed E-state index contributed by atoms with van der Waals surface area (Å²) in [4.78, 5) is 23.1. The van der Waals surface area contributed by atoms with Crippen LogP contribution in [-0.2, 0) is 6.18 Å². The van der Waals surface area contributed by atoms with E-state index in [4.69, 9.17) is 0 Å². The van der Waals surface area contributed by atoms with Crippen molar-refractivity contribution in [2.75, 3.05) is 23.3 Å². The number of halogens is 3. The van der Waals surface area contributed by atoms with Crippen LogP contribution in [0.4, 0.5) is 24.7 Å². The Kier molecular flexibility index (Phi) is 5.11. The molecule has 26 heavy (non-hydrogen) atoms. The SMILES string of the molecule is Cc1nc(C(=O)Nc2ccc(C(F)(F)F)cc2)cc(N2CCCCC2)n1. The Morgan fingerprint density at radius 1 is 1.08 bits per heavy atom. The molecule has 1 aliphatic rings. The number of aromatic nitrogens is 2. The Hall–Kier alpha value is -2.64. The van der Waals surface area contributed by atoms with Gasteiger partial charge in [0.1, 0.15) is 17.3 Å². The van der Waals surface area contributed by atoms with E-state index in [1.807, 2.05) is 0 Å². The van der Waals surface area contributed by atoms with E-state index in [2.05, 4.69) is 20.2 Å². The minimum Gasteiger partial charge on any atom is -0.356 e. The molecule has 2 heterocycles. The Labute approximate surface area is 149 Å². The van der Waals surface area contributed by atoms with Gasteiger partial charge >= 0.3 is 6.18 Å². The number of benzene rings is 1. The summed E-state index contributed by atoms with van der Waals surface area (Å²) in [5.74, 6) is 0.703. The quantitative estimate of drug-likeness (QED) is 0.893. The van der Waals surface area contributed by atoms with Crippen molar-refractivity contribution < 1.29 is 18.0 Å². The fourth-order valence-corrected chi connectivity index (χ4v) is 2.89. The molecule has 0 bridgehead atoms. The van der Waals surface area contributed by atoms with Crippen LogP contribution in [-0.4, -0.2) is 29.0 Å². The number of piperidine rings is 1. The van der Waals surface area contributed by atoms with Crippen LogP contribution in [0.2, 0.25) is 0 Å². The van der Waals surface area contributed by atoms with E-state index in [1.54, 1.807) is 13.0 Å². The topological polar surface area (TPSA) is 58.1 Å². The van der Waals surface area contributed by atoms with Crippen LogP contribution in [0.5, 0.6) is 0 Å². The predicted octanol–water partition coefficient (Wildman–Crippen LogP) is 4.05. The van der Waals surface area contributed by atoms with Gasteiger partial charge in [0.05, 0.1) is 5.56 Å². The summed E-state index contributed by atoms with van der Waals surface area (Å²) in [6, 6.07) is 5.93. The third-order valence-electron chi connectivity index (χ3n) is 4.21. The van der Waals surface area contributed by atoms with E-state index in [9.17, 15) is 18.0 Å². The van der Waals surface area contributed by atoms with Crippen LogP contribution in [0.3, 0.4) is 0 Å². The first-order chi connectivity index (χ1) is 12.3. The Morgan fingerprint density at radius 3 is 2.35 bits per heavy atom. The number of carbonyl (C=O) groups is 1. The number of hydrogen-bond donors (Lipinski definition) is 1. The Balaban J connectivity index is 1.76. The molecule has 1 aromatic carbocycles. The molecule has 1 aromatic heterocycles. The Bertz CT molecular complexity index is 784. The molecular formula is C18H19F3N4O. The maximum atomic E-state index is 12.6. The zero-order chi connectivity index (χ0) is 18.7. The van der Waals surface area contributed by atoms with E-state index in [0.29, 0.717) is 11.6 Å². The van der Waals surface area contributed by atoms with Crippen LogP contribution in [0.15, 0.2) is 30.3 Å². The van der Waals surface area contributed by atoms with Gasteiger partial charge in [-0.2, -0.15) is 13.2 Å². The molecule has 138 valence electrons. The molecule has 0 aliphatic carbocycles. The lowest BCUT2D eigenvalue weighted by atomic mass is 10.1. The molecular weight excluding hydrogens is 345 g/mol. The molecule has 1 saturated heterocycles. The van der Waals surface area contributed by atoms with E-state index < -0.39 is 17.6 Å². The third-order valence-corrected chi connectivity index (χ3v) is 4.21. The molecule has 3 rings (SSSR count). The average Bonchev–Trinajstić information content (AvgIpc) is 2.61. The molecule has 0 spiro atoms. The lowest BCUT2D eigenvalue weighted by Gasteiger charge is -2.28. The number of anilines is 2. The van der Waals surface area contributed by atoms with Crippen molar-refractivity contribution in [1.82, 2.24) is 9.97 Å². The second-order valence-electron chi connectivity index (χ2n) is 6.24. The highest BCUT2D eigenvalue weighted by molar-refractivity contribution is 6.03. The summed E-state index contributed by atoms with van der Waals surface area (Å²) >= 11 is 0. The number of alkyl halides is 3. The summed E-state index contributed by atoms with van der Waals surface area (Å²) in [5, 5.41) is 2.58. The van der Waals surface area contributed by atoms with Gasteiger partial charge in [0.15, 0.2) is 0 Å². The number of nitrogens with one attached hydrogen (secondary N) is 1. The summed E-state index contributed by atoms with van der Waals surface area (Å²) < 4.78 is 37.8. The fraction of sp³-hybridized carbons (Fsp3) is 0.389. The monoisotopic (exact) mass is 364 g/mol. The first kappa shape index (κ1) is 18.2. The number of nitrogens with zero attached hydrogens (tertiary/aromatic N) is 3. The molecule has 8 heteroatoms. The summed E-state index contributed by atoms with van der Waals surface area (Å²) in [5.41, 5.74) is -0.294. The smallest absolute Gasteiger partial charge is 0.356 e. The number of carbonyl (C=O) groups excluding carboxylic acids is 1. The van der Waals surface area contributed by atoms with Crippen LogP contribution in [0.1, 0.15) is 41.1 Å². The van der Waals surface area contributed by atoms with Gasteiger partial charge in [-0.1, -0.05) is 0 Å². The van der Waals surface area contributed by atoms with Gasteiger partial charge in [-0.25, -0.2) is 9.97 Å². The van der Waals surface area contributed by atoms with Gasteiger partial charge in [-0.15, -0.1) is 0 Å². The minimum atomic E-state index is -4.41. The summed E-state index contributed by atoms with van der Waals surface area (Å²) in [7, 11) is 0. The highest BCUT2D eigenvalue weighted by Gasteiger charge is 2.30. The second-order valence-corrected chi connectivity index (χ2v) is 6.24. The summed E-state index contributed by atoms with van der Waals surface area (Å²) in [6.07, 6.45) is -1.07. The van der Waals surface area contributed by atoms with Crippen LogP contribution in [0, 0.1) is 6.92 Å². The number of amides is 1. The van der Waals surface area contributed by atoms with Crippen molar-refractivity contribution in [3.05, 3.63) is 47.4 Å². The van der Waals surface area contributed by atoms with Gasteiger partial charge in [0.2, 0.25) is 0 Å². The van der Waals surface area contributed by atoms with Gasteiger partial charge in [0.25, 0.3) is 5.91 Å². The zero-order valence-corrected chi connectivity index (χ0v) is 14.3. The van der Waals surface area contributed by atoms with E-state index in [0.717, 1.165) is 38.1 Å². The molecule has 2 aromatic rings. The van der Waals surface area contributed by atoms with Gasteiger partial charge in [0, 0.05) is 24.8 Å². The van der Waals surface area contributed by atoms with Crippen molar-refractivity contribution in [3.8, 4) is 0 Å². The normalized spacial score (nSPS) is 15.0. The molecule has 1 fully saturated rings. The van der Waals surface area contributed by atoms with Crippen LogP contribution >= 0.6 is 0 Å². The molecule has 1 aliphatic heterocycles. The molecule has 0 atom stereocenters. The first-order valence-corrected chi connectivity index (χ1v) is 8.42. The molecule has 0 unspecified atom stereocenters. The Morgan fingerprint density at radius 2 is 1.73 bits per heavy atom. The maximum Gasteiger partial charge on any atom is 0.416 e. The van der Waals surface area contributed by atoms with Crippen LogP contribution < -0.4 is 10.2 Å². The van der Waals surface area contributed by atoms with Crippen molar-refractivity contribution in [1.29, 1.82) is 0 Å². The number of hydrogen-bond acceptors (Lipinski definition) is 4. The maximum absolute atomic E-state index is 12.6. The van der Waals surface area contributed by atoms with Crippen molar-refractivity contribution >= 4 is 17.4 Å². The molecule has 1 N–H and O–H groups in total. The number of rotatable bonds is 3. The van der Waals surface area contributed by atoms with Crippen LogP contribution in [0.25, 0.3) is 0 Å². The van der Waals surface area contributed by atoms with Gasteiger partial charge in [-0.3, -0.25) is 4.79 Å². The minimum absolute atomic E-state index is 0.193.